The molecule has 3 aromatic carbocycles. The number of unbranched alkanes of at least 4 members (excludes halogenated alkanes) is 1. The number of thioether (sulfide) groups is 1. The first-order valence-corrected chi connectivity index (χ1v) is 14.7. The van der Waals surface area contributed by atoms with E-state index in [1.807, 2.05) is 54.8 Å². The first-order valence-electron chi connectivity index (χ1n) is 12.0. The lowest BCUT2D eigenvalue weighted by molar-refractivity contribution is 0.276. The third-order valence-electron chi connectivity index (χ3n) is 6.78. The van der Waals surface area contributed by atoms with E-state index in [1.54, 1.807) is 11.4 Å². The highest BCUT2D eigenvalue weighted by molar-refractivity contribution is 7.98. The van der Waals surface area contributed by atoms with Gasteiger partial charge in [0.2, 0.25) is 10.0 Å². The Morgan fingerprint density at radius 3 is 2.43 bits per heavy atom. The summed E-state index contributed by atoms with van der Waals surface area (Å²) in [7, 11) is -2.25. The summed E-state index contributed by atoms with van der Waals surface area (Å²) in [6.07, 6.45) is 5.30. The molecule has 35 heavy (non-hydrogen) atoms. The molecule has 1 aliphatic heterocycles. The van der Waals surface area contributed by atoms with E-state index in [0.29, 0.717) is 11.3 Å². The fourth-order valence-corrected chi connectivity index (χ4v) is 7.32. The first kappa shape index (κ1) is 25.6. The van der Waals surface area contributed by atoms with Gasteiger partial charge in [-0.3, -0.25) is 0 Å². The van der Waals surface area contributed by atoms with Crippen molar-refractivity contribution in [2.45, 2.75) is 60.9 Å². The maximum absolute atomic E-state index is 14.2. The van der Waals surface area contributed by atoms with Gasteiger partial charge in [0.1, 0.15) is 11.5 Å². The van der Waals surface area contributed by atoms with Crippen LogP contribution >= 0.6 is 11.8 Å². The average Bonchev–Trinajstić information content (AvgIpc) is 2.96. The number of aromatic hydroxyl groups is 1. The van der Waals surface area contributed by atoms with E-state index in [9.17, 15) is 13.5 Å². The Hall–Kier alpha value is -2.48. The number of rotatable bonds is 8. The standard InChI is InChI=1S/C28H33NO4S2/c1-4-5-11-22-16-24(21-9-7-6-8-10-21)25-17-27(34-3)26(30)18-28(25)35(31,32)29(22)19-20-12-14-23(33-2)15-13-20/h6-10,12-15,17-18,22,24,30H,4-5,11,16,19H2,1-3H3. The topological polar surface area (TPSA) is 66.8 Å². The molecule has 2 atom stereocenters. The monoisotopic (exact) mass is 511 g/mol. The lowest BCUT2D eigenvalue weighted by Gasteiger charge is -2.30. The first-order chi connectivity index (χ1) is 16.9. The van der Waals surface area contributed by atoms with Crippen LogP contribution in [0.4, 0.5) is 0 Å². The van der Waals surface area contributed by atoms with Crippen LogP contribution in [0, 0.1) is 0 Å². The zero-order valence-electron chi connectivity index (χ0n) is 20.5. The number of sulfonamides is 1. The molecule has 7 heteroatoms. The lowest BCUT2D eigenvalue weighted by Crippen LogP contribution is -2.39. The normalized spacial score (nSPS) is 19.6. The van der Waals surface area contributed by atoms with Crippen molar-refractivity contribution in [1.29, 1.82) is 0 Å². The SMILES string of the molecule is CCCCC1CC(c2ccccc2)c2cc(SC)c(O)cc2S(=O)(=O)N1Cc1ccc(OC)cc1. The Kier molecular flexibility index (Phi) is 8.09. The number of ether oxygens (including phenoxy) is 1. The number of phenols is 1. The van der Waals surface area contributed by atoms with Crippen molar-refractivity contribution in [2.75, 3.05) is 13.4 Å². The molecule has 1 N–H and O–H groups in total. The van der Waals surface area contributed by atoms with Crippen LogP contribution in [0.3, 0.4) is 0 Å². The highest BCUT2D eigenvalue weighted by atomic mass is 32.2. The van der Waals surface area contributed by atoms with Crippen LogP contribution in [0.5, 0.6) is 11.5 Å². The van der Waals surface area contributed by atoms with E-state index >= 15 is 0 Å². The van der Waals surface area contributed by atoms with E-state index in [4.69, 9.17) is 4.74 Å². The fraction of sp³-hybridized carbons (Fsp3) is 0.357. The van der Waals surface area contributed by atoms with Crippen LogP contribution in [0.25, 0.3) is 0 Å². The smallest absolute Gasteiger partial charge is 0.244 e. The molecule has 1 heterocycles. The molecule has 0 aliphatic carbocycles. The minimum Gasteiger partial charge on any atom is -0.507 e. The van der Waals surface area contributed by atoms with Crippen molar-refractivity contribution < 1.29 is 18.3 Å². The van der Waals surface area contributed by atoms with Gasteiger partial charge in [0.15, 0.2) is 0 Å². The predicted octanol–water partition coefficient (Wildman–Crippen LogP) is 6.41. The van der Waals surface area contributed by atoms with Gasteiger partial charge >= 0.3 is 0 Å². The van der Waals surface area contributed by atoms with Crippen molar-refractivity contribution >= 4 is 21.8 Å². The number of benzene rings is 3. The molecule has 5 nitrogen and oxygen atoms in total. The molecule has 0 amide bonds. The maximum Gasteiger partial charge on any atom is 0.244 e. The molecular formula is C28H33NO4S2. The molecule has 0 aromatic heterocycles. The summed E-state index contributed by atoms with van der Waals surface area (Å²) < 4.78 is 35.4. The summed E-state index contributed by atoms with van der Waals surface area (Å²) in [6.45, 7) is 2.40. The zero-order chi connectivity index (χ0) is 25.0. The highest BCUT2D eigenvalue weighted by Crippen LogP contribution is 2.45. The molecule has 0 radical (unpaired) electrons. The summed E-state index contributed by atoms with van der Waals surface area (Å²) in [5.74, 6) is 0.650. The van der Waals surface area contributed by atoms with E-state index in [2.05, 4.69) is 19.1 Å². The number of nitrogens with zero attached hydrogens (tertiary/aromatic N) is 1. The Labute approximate surface area is 213 Å². The van der Waals surface area contributed by atoms with Gasteiger partial charge in [-0.15, -0.1) is 11.8 Å². The van der Waals surface area contributed by atoms with Gasteiger partial charge in [0.05, 0.1) is 12.0 Å². The third-order valence-corrected chi connectivity index (χ3v) is 9.50. The van der Waals surface area contributed by atoms with Gasteiger partial charge in [-0.1, -0.05) is 62.2 Å². The molecule has 0 saturated carbocycles. The van der Waals surface area contributed by atoms with Gasteiger partial charge in [-0.25, -0.2) is 8.42 Å². The molecule has 186 valence electrons. The highest BCUT2D eigenvalue weighted by Gasteiger charge is 2.40. The van der Waals surface area contributed by atoms with Crippen LogP contribution in [-0.2, 0) is 16.6 Å². The van der Waals surface area contributed by atoms with Crippen LogP contribution in [0.1, 0.15) is 55.2 Å². The Balaban J connectivity index is 1.88. The Morgan fingerprint density at radius 2 is 1.80 bits per heavy atom. The summed E-state index contributed by atoms with van der Waals surface area (Å²) in [5, 5.41) is 10.7. The minimum absolute atomic E-state index is 0.00282. The molecular weight excluding hydrogens is 478 g/mol. The Bertz CT molecular complexity index is 1240. The molecule has 0 spiro atoms. The van der Waals surface area contributed by atoms with Crippen LogP contribution in [-0.4, -0.2) is 37.2 Å². The van der Waals surface area contributed by atoms with Gasteiger partial charge < -0.3 is 9.84 Å². The Morgan fingerprint density at radius 1 is 1.09 bits per heavy atom. The van der Waals surface area contributed by atoms with Crippen molar-refractivity contribution in [3.05, 3.63) is 83.4 Å². The minimum atomic E-state index is -3.87. The van der Waals surface area contributed by atoms with Crippen LogP contribution < -0.4 is 4.74 Å². The summed E-state index contributed by atoms with van der Waals surface area (Å²) in [6, 6.07) is 20.8. The quantitative estimate of drug-likeness (QED) is 0.354. The second-order valence-electron chi connectivity index (χ2n) is 8.96. The predicted molar refractivity (Wildman–Crippen MR) is 142 cm³/mol. The molecule has 0 fully saturated rings. The third kappa shape index (κ3) is 5.37. The molecule has 0 bridgehead atoms. The van der Waals surface area contributed by atoms with Crippen molar-refractivity contribution in [3.63, 3.8) is 0 Å². The number of fused-ring (bicyclic) bond motifs is 1. The van der Waals surface area contributed by atoms with Crippen molar-refractivity contribution in [3.8, 4) is 11.5 Å². The van der Waals surface area contributed by atoms with E-state index in [1.165, 1.54) is 17.8 Å². The molecule has 4 rings (SSSR count). The zero-order valence-corrected chi connectivity index (χ0v) is 22.1. The lowest BCUT2D eigenvalue weighted by atomic mass is 9.84. The fourth-order valence-electron chi connectivity index (χ4n) is 4.89. The van der Waals surface area contributed by atoms with Crippen LogP contribution in [0.15, 0.2) is 76.5 Å². The number of hydrogen-bond donors (Lipinski definition) is 1. The summed E-state index contributed by atoms with van der Waals surface area (Å²) in [5.41, 5.74) is 2.76. The number of hydrogen-bond acceptors (Lipinski definition) is 5. The molecule has 2 unspecified atom stereocenters. The van der Waals surface area contributed by atoms with Gasteiger partial charge in [-0.2, -0.15) is 4.31 Å². The number of methoxy groups -OCH3 is 1. The van der Waals surface area contributed by atoms with Gasteiger partial charge in [0, 0.05) is 29.5 Å². The molecule has 0 saturated heterocycles. The second kappa shape index (κ2) is 11.1. The molecule has 1 aliphatic rings. The largest absolute Gasteiger partial charge is 0.507 e. The second-order valence-corrected chi connectivity index (χ2v) is 11.7. The average molecular weight is 512 g/mol. The van der Waals surface area contributed by atoms with Crippen molar-refractivity contribution in [1.82, 2.24) is 4.31 Å². The van der Waals surface area contributed by atoms with Gasteiger partial charge in [-0.05, 0) is 54.0 Å². The van der Waals surface area contributed by atoms with Gasteiger partial charge in [0.25, 0.3) is 0 Å². The summed E-state index contributed by atoms with van der Waals surface area (Å²) in [4.78, 5) is 0.891. The van der Waals surface area contributed by atoms with Crippen molar-refractivity contribution in [2.24, 2.45) is 0 Å². The van der Waals surface area contributed by atoms with E-state index in [-0.39, 0.29) is 29.1 Å². The van der Waals surface area contributed by atoms with E-state index in [0.717, 1.165) is 41.7 Å². The summed E-state index contributed by atoms with van der Waals surface area (Å²) >= 11 is 1.42. The number of phenolic OH excluding ortho intramolecular Hbond substituents is 1. The van der Waals surface area contributed by atoms with Crippen LogP contribution in [0.2, 0.25) is 0 Å². The maximum atomic E-state index is 14.2. The van der Waals surface area contributed by atoms with E-state index < -0.39 is 10.0 Å². The molecule has 3 aromatic rings.